The summed E-state index contributed by atoms with van der Waals surface area (Å²) in [5.74, 6) is 1.70. The van der Waals surface area contributed by atoms with Gasteiger partial charge in [-0.3, -0.25) is 18.8 Å². The second kappa shape index (κ2) is 18.6. The van der Waals surface area contributed by atoms with E-state index in [-0.39, 0.29) is 63.4 Å². The largest absolute Gasteiger partial charge is 0.433 e. The van der Waals surface area contributed by atoms with Gasteiger partial charge in [-0.05, 0) is 101 Å². The maximum Gasteiger partial charge on any atom is 0.433 e. The zero-order chi connectivity index (χ0) is 39.4. The van der Waals surface area contributed by atoms with Gasteiger partial charge in [-0.2, -0.15) is 36.9 Å². The minimum atomic E-state index is -4.90. The first-order valence-corrected chi connectivity index (χ1v) is 20.0. The first kappa shape index (κ1) is 41.3. The number of hydrogen-bond acceptors (Lipinski definition) is 19. The Morgan fingerprint density at radius 1 is 0.907 bits per heavy atom. The molecule has 3 aromatic carbocycles. The van der Waals surface area contributed by atoms with Crippen LogP contribution >= 0.6 is 23.4 Å². The minimum absolute atomic E-state index is 0.00510. The molecule has 4 rings (SSSR count). The van der Waals surface area contributed by atoms with Gasteiger partial charge in [0.1, 0.15) is 10.6 Å². The average Bonchev–Trinajstić information content (AvgIpc) is 3.10. The van der Waals surface area contributed by atoms with E-state index >= 15 is 0 Å². The standard InChI is InChI=1S/C29H24ClN9O11S4/c1-31-12-16-52(41,42)22-9-5-20(6-10-22)38-39-24-18-26(53(43,44)45)25(32-11-2-13-40)17-23(24)34-29-36-27(30)35-28(37-29)33-19-3-7-21(8-4-19)51-15-14-49-50-54(46,47)48/h3-10,13,17-18,31-32H,12,16H2,1H3,(H,43,44,45)(H,46,47,48)(H2,33,34,35,36,37). The summed E-state index contributed by atoms with van der Waals surface area (Å²) in [6.07, 6.45) is 2.17. The van der Waals surface area contributed by atoms with E-state index in [9.17, 15) is 34.6 Å². The van der Waals surface area contributed by atoms with Crippen LogP contribution in [0.4, 0.5) is 40.3 Å². The van der Waals surface area contributed by atoms with Crippen molar-refractivity contribution in [3.63, 3.8) is 0 Å². The average molecular weight is 838 g/mol. The fourth-order valence-electron chi connectivity index (χ4n) is 3.86. The second-order valence-corrected chi connectivity index (χ2v) is 15.6. The number of aldehydes is 1. The van der Waals surface area contributed by atoms with Gasteiger partial charge in [0.25, 0.3) is 10.1 Å². The van der Waals surface area contributed by atoms with Crippen molar-refractivity contribution in [2.75, 3.05) is 35.3 Å². The number of hydrogen-bond donors (Lipinski definition) is 6. The Morgan fingerprint density at radius 2 is 1.59 bits per heavy atom. The van der Waals surface area contributed by atoms with Crippen molar-refractivity contribution >= 4 is 100 Å². The number of anilines is 5. The van der Waals surface area contributed by atoms with Crippen LogP contribution < -0.4 is 21.3 Å². The third-order valence-corrected chi connectivity index (χ3v) is 9.86. The second-order valence-electron chi connectivity index (χ2n) is 9.88. The Morgan fingerprint density at radius 3 is 2.22 bits per heavy atom. The number of nitrogens with zero attached hydrogens (tertiary/aromatic N) is 5. The molecule has 0 aliphatic heterocycles. The Bertz CT molecular complexity index is 2500. The molecule has 0 unspecified atom stereocenters. The monoisotopic (exact) mass is 837 g/mol. The lowest BCUT2D eigenvalue weighted by molar-refractivity contribution is -0.135. The minimum Gasteiger partial charge on any atom is -0.324 e. The number of sulfone groups is 1. The molecule has 0 atom stereocenters. The summed E-state index contributed by atoms with van der Waals surface area (Å²) in [6, 6.07) is 16.3. The molecule has 0 saturated heterocycles. The number of rotatable bonds is 15. The summed E-state index contributed by atoms with van der Waals surface area (Å²) in [7, 11) is -11.7. The number of azo groups is 1. The molecule has 0 bridgehead atoms. The summed E-state index contributed by atoms with van der Waals surface area (Å²) in [5, 5.41) is 21.3. The Balaban J connectivity index is 1.64. The van der Waals surface area contributed by atoms with Gasteiger partial charge in [-0.25, -0.2) is 8.42 Å². The highest BCUT2D eigenvalue weighted by atomic mass is 35.5. The third-order valence-electron chi connectivity index (χ3n) is 6.13. The summed E-state index contributed by atoms with van der Waals surface area (Å²) in [4.78, 5) is 27.1. The SMILES string of the molecule is CNCCS(=O)(=O)c1ccc(N=Nc2cc(S(=O)(=O)O)c(NC#CC=O)cc2Nc2nc(Cl)nc(Nc3ccc(SC#COOS(=O)(=O)O)cc3)n2)cc1. The van der Waals surface area contributed by atoms with Crippen LogP contribution in [0.3, 0.4) is 0 Å². The van der Waals surface area contributed by atoms with Crippen LogP contribution in [0.5, 0.6) is 0 Å². The van der Waals surface area contributed by atoms with Gasteiger partial charge in [0, 0.05) is 28.4 Å². The highest BCUT2D eigenvalue weighted by molar-refractivity contribution is 8.04. The van der Waals surface area contributed by atoms with Crippen molar-refractivity contribution in [2.45, 2.75) is 14.7 Å². The molecule has 0 fully saturated rings. The van der Waals surface area contributed by atoms with Crippen LogP contribution in [0.1, 0.15) is 0 Å². The lowest BCUT2D eigenvalue weighted by Crippen LogP contribution is -2.19. The van der Waals surface area contributed by atoms with E-state index < -0.39 is 35.2 Å². The molecule has 0 saturated carbocycles. The lowest BCUT2D eigenvalue weighted by Gasteiger charge is -2.13. The van der Waals surface area contributed by atoms with Crippen LogP contribution in [0.2, 0.25) is 5.28 Å². The van der Waals surface area contributed by atoms with E-state index in [2.05, 4.69) is 72.9 Å². The zero-order valence-corrected chi connectivity index (χ0v) is 31.1. The van der Waals surface area contributed by atoms with Gasteiger partial charge in [0.15, 0.2) is 22.2 Å². The van der Waals surface area contributed by atoms with Crippen molar-refractivity contribution in [2.24, 2.45) is 10.2 Å². The van der Waals surface area contributed by atoms with Crippen LogP contribution in [-0.2, 0) is 44.4 Å². The fraction of sp³-hybridized carbons (Fsp3) is 0.103. The first-order chi connectivity index (χ1) is 25.6. The Kier molecular flexibility index (Phi) is 14.2. The first-order valence-electron chi connectivity index (χ1n) is 14.4. The van der Waals surface area contributed by atoms with Crippen molar-refractivity contribution in [3.8, 4) is 23.3 Å². The molecule has 282 valence electrons. The summed E-state index contributed by atoms with van der Waals surface area (Å²) < 4.78 is 92.6. The Labute approximate surface area is 317 Å². The maximum atomic E-state index is 12.5. The molecule has 0 spiro atoms. The maximum absolute atomic E-state index is 12.5. The van der Waals surface area contributed by atoms with Gasteiger partial charge in [-0.1, -0.05) is 0 Å². The molecule has 0 aliphatic rings. The quantitative estimate of drug-likeness (QED) is 0.0144. The number of carbonyl (C=O) groups is 1. The predicted molar refractivity (Wildman–Crippen MR) is 196 cm³/mol. The van der Waals surface area contributed by atoms with Gasteiger partial charge in [0.05, 0.1) is 27.7 Å². The molecule has 0 amide bonds. The highest BCUT2D eigenvalue weighted by Crippen LogP contribution is 2.37. The molecule has 0 aliphatic carbocycles. The number of halogens is 1. The number of thioether (sulfide) groups is 1. The lowest BCUT2D eigenvalue weighted by atomic mass is 10.2. The molecule has 1 aromatic heterocycles. The van der Waals surface area contributed by atoms with Crippen molar-refractivity contribution in [1.29, 1.82) is 0 Å². The fourth-order valence-corrected chi connectivity index (χ4v) is 6.51. The van der Waals surface area contributed by atoms with Gasteiger partial charge < -0.3 is 21.3 Å². The van der Waals surface area contributed by atoms with E-state index in [1.54, 1.807) is 31.3 Å². The third kappa shape index (κ3) is 12.9. The molecule has 54 heavy (non-hydrogen) atoms. The molecule has 4 aromatic rings. The van der Waals surface area contributed by atoms with Crippen LogP contribution in [-0.4, -0.2) is 74.9 Å². The van der Waals surface area contributed by atoms with Crippen LogP contribution in [0.15, 0.2) is 85.6 Å². The van der Waals surface area contributed by atoms with Crippen molar-refractivity contribution in [3.05, 3.63) is 65.9 Å². The summed E-state index contributed by atoms with van der Waals surface area (Å²) in [6.45, 7) is 0.244. The summed E-state index contributed by atoms with van der Waals surface area (Å²) >= 11 is 7.11. The van der Waals surface area contributed by atoms with E-state index in [0.29, 0.717) is 10.6 Å². The topological polar surface area (TPSA) is 290 Å². The number of nitrogens with one attached hydrogen (secondary N) is 4. The molecule has 0 radical (unpaired) electrons. The summed E-state index contributed by atoms with van der Waals surface area (Å²) in [5.41, 5.74) is 0.197. The normalized spacial score (nSPS) is 11.5. The van der Waals surface area contributed by atoms with Crippen LogP contribution in [0, 0.1) is 23.3 Å². The number of benzene rings is 3. The molecule has 25 heteroatoms. The van der Waals surface area contributed by atoms with Gasteiger partial charge in [0.2, 0.25) is 17.2 Å². The van der Waals surface area contributed by atoms with E-state index in [1.807, 2.05) is 6.11 Å². The predicted octanol–water partition coefficient (Wildman–Crippen LogP) is 4.00. The van der Waals surface area contributed by atoms with E-state index in [0.717, 1.165) is 17.8 Å². The highest BCUT2D eigenvalue weighted by Gasteiger charge is 2.21. The van der Waals surface area contributed by atoms with Crippen molar-refractivity contribution in [1.82, 2.24) is 20.3 Å². The van der Waals surface area contributed by atoms with Gasteiger partial charge in [-0.15, -0.1) is 5.11 Å². The Hall–Kier alpha value is -5.41. The molecule has 6 N–H and O–H groups in total. The van der Waals surface area contributed by atoms with Crippen LogP contribution in [0.25, 0.3) is 0 Å². The van der Waals surface area contributed by atoms with Gasteiger partial charge >= 0.3 is 10.4 Å². The van der Waals surface area contributed by atoms with E-state index in [1.165, 1.54) is 30.3 Å². The molecule has 1 heterocycles. The molecule has 20 nitrogen and oxygen atoms in total. The number of aromatic nitrogens is 3. The smallest absolute Gasteiger partial charge is 0.324 e. The zero-order valence-electron chi connectivity index (χ0n) is 27.1. The van der Waals surface area contributed by atoms with Crippen molar-refractivity contribution < 1.29 is 48.4 Å². The molecular weight excluding hydrogens is 814 g/mol. The number of carbonyl (C=O) groups excluding carboxylic acids is 1. The van der Waals surface area contributed by atoms with E-state index in [4.69, 9.17) is 16.2 Å². The molecular formula is C29H24ClN9O11S4.